The number of aromatic nitrogens is 3. The predicted octanol–water partition coefficient (Wildman–Crippen LogP) is 2.18. The zero-order chi connectivity index (χ0) is 13.4. The van der Waals surface area contributed by atoms with E-state index in [0.717, 1.165) is 16.8 Å². The Morgan fingerprint density at radius 1 is 1.26 bits per heavy atom. The van der Waals surface area contributed by atoms with Crippen molar-refractivity contribution >= 4 is 16.7 Å². The van der Waals surface area contributed by atoms with Crippen LogP contribution >= 0.6 is 0 Å². The molecule has 1 aromatic carbocycles. The lowest BCUT2D eigenvalue weighted by Gasteiger charge is -2.03. The Kier molecular flexibility index (Phi) is 2.43. The average Bonchev–Trinajstić information content (AvgIpc) is 2.78. The monoisotopic (exact) mass is 249 g/mol. The first-order valence-electron chi connectivity index (χ1n) is 5.81. The van der Waals surface area contributed by atoms with Gasteiger partial charge in [0.05, 0.1) is 28.0 Å². The van der Waals surface area contributed by atoms with E-state index >= 15 is 0 Å². The van der Waals surface area contributed by atoms with Crippen LogP contribution in [0.4, 0.5) is 5.69 Å². The van der Waals surface area contributed by atoms with Gasteiger partial charge in [0, 0.05) is 6.20 Å². The highest BCUT2D eigenvalue weighted by Gasteiger charge is 2.15. The van der Waals surface area contributed by atoms with E-state index in [1.807, 2.05) is 43.3 Å². The molecule has 0 atom stereocenters. The molecule has 0 fully saturated rings. The third-order valence-corrected chi connectivity index (χ3v) is 3.03. The Labute approximate surface area is 109 Å². The molecule has 0 radical (unpaired) electrons. The molecule has 0 saturated heterocycles. The molecule has 92 valence electrons. The first-order valence-corrected chi connectivity index (χ1v) is 5.81. The number of aryl methyl sites for hydroxylation is 1. The van der Waals surface area contributed by atoms with E-state index in [2.05, 4.69) is 10.1 Å². The van der Waals surface area contributed by atoms with Gasteiger partial charge in [-0.2, -0.15) is 10.4 Å². The van der Waals surface area contributed by atoms with E-state index in [4.69, 9.17) is 11.0 Å². The second kappa shape index (κ2) is 4.10. The molecule has 0 saturated carbocycles. The maximum absolute atomic E-state index is 9.00. The molecule has 0 unspecified atom stereocenters. The zero-order valence-electron chi connectivity index (χ0n) is 10.3. The highest BCUT2D eigenvalue weighted by Crippen LogP contribution is 2.27. The number of hydrogen-bond donors (Lipinski definition) is 1. The molecule has 2 aromatic heterocycles. The molecular weight excluding hydrogens is 238 g/mol. The molecule has 3 aromatic rings. The number of para-hydroxylation sites is 1. The molecule has 0 amide bonds. The highest BCUT2D eigenvalue weighted by molar-refractivity contribution is 5.93. The fourth-order valence-corrected chi connectivity index (χ4v) is 2.12. The van der Waals surface area contributed by atoms with Crippen LogP contribution in [0.25, 0.3) is 16.7 Å². The van der Waals surface area contributed by atoms with Crippen molar-refractivity contribution in [3.63, 3.8) is 0 Å². The Bertz CT molecular complexity index is 796. The van der Waals surface area contributed by atoms with E-state index in [9.17, 15) is 0 Å². The summed E-state index contributed by atoms with van der Waals surface area (Å²) in [6, 6.07) is 11.7. The van der Waals surface area contributed by atoms with Gasteiger partial charge in [0.1, 0.15) is 6.07 Å². The molecule has 19 heavy (non-hydrogen) atoms. The molecule has 2 N–H and O–H groups in total. The van der Waals surface area contributed by atoms with Crippen molar-refractivity contribution < 1.29 is 0 Å². The number of nitrogens with two attached hydrogens (primary N) is 1. The van der Waals surface area contributed by atoms with Gasteiger partial charge in [-0.05, 0) is 19.1 Å². The topological polar surface area (TPSA) is 80.5 Å². The van der Waals surface area contributed by atoms with Crippen LogP contribution in [-0.4, -0.2) is 14.8 Å². The second-order valence-electron chi connectivity index (χ2n) is 4.23. The van der Waals surface area contributed by atoms with Crippen molar-refractivity contribution in [1.29, 1.82) is 5.26 Å². The van der Waals surface area contributed by atoms with Gasteiger partial charge in [-0.15, -0.1) is 0 Å². The van der Waals surface area contributed by atoms with E-state index in [-0.39, 0.29) is 0 Å². The van der Waals surface area contributed by atoms with Crippen molar-refractivity contribution in [2.24, 2.45) is 0 Å². The van der Waals surface area contributed by atoms with E-state index in [0.29, 0.717) is 16.9 Å². The van der Waals surface area contributed by atoms with Crippen LogP contribution in [0.2, 0.25) is 0 Å². The quantitative estimate of drug-likeness (QED) is 0.716. The van der Waals surface area contributed by atoms with Crippen molar-refractivity contribution in [3.05, 3.63) is 47.8 Å². The number of anilines is 1. The summed E-state index contributed by atoms with van der Waals surface area (Å²) in [5.74, 6) is 0. The number of benzene rings is 1. The lowest BCUT2D eigenvalue weighted by atomic mass is 10.1. The van der Waals surface area contributed by atoms with Gasteiger partial charge in [0.2, 0.25) is 0 Å². The molecule has 3 rings (SSSR count). The van der Waals surface area contributed by atoms with Crippen molar-refractivity contribution in [3.8, 4) is 11.8 Å². The first-order chi connectivity index (χ1) is 9.22. The molecule has 0 aliphatic heterocycles. The minimum absolute atomic E-state index is 0.378. The van der Waals surface area contributed by atoms with E-state index in [1.165, 1.54) is 6.20 Å². The number of hydrogen-bond acceptors (Lipinski definition) is 4. The summed E-state index contributed by atoms with van der Waals surface area (Å²) in [4.78, 5) is 4.31. The van der Waals surface area contributed by atoms with Crippen LogP contribution in [-0.2, 0) is 0 Å². The minimum atomic E-state index is 0.378. The number of nitriles is 1. The lowest BCUT2D eigenvalue weighted by Crippen LogP contribution is -1.98. The fourth-order valence-electron chi connectivity index (χ4n) is 2.12. The van der Waals surface area contributed by atoms with Gasteiger partial charge in [-0.25, -0.2) is 9.67 Å². The number of nitrogen functional groups attached to an aromatic ring is 1. The SMILES string of the molecule is Cc1nn(-c2ccccc2)c2ncc(C#N)c(N)c12. The zero-order valence-corrected chi connectivity index (χ0v) is 10.3. The molecule has 0 bridgehead atoms. The highest BCUT2D eigenvalue weighted by atomic mass is 15.3. The Balaban J connectivity index is 2.37. The molecular formula is C14H11N5. The van der Waals surface area contributed by atoms with Gasteiger partial charge in [0.25, 0.3) is 0 Å². The van der Waals surface area contributed by atoms with Crippen molar-refractivity contribution in [2.75, 3.05) is 5.73 Å². The summed E-state index contributed by atoms with van der Waals surface area (Å²) in [6.45, 7) is 1.86. The Morgan fingerprint density at radius 3 is 2.68 bits per heavy atom. The van der Waals surface area contributed by atoms with Crippen LogP contribution in [0.15, 0.2) is 36.5 Å². The number of rotatable bonds is 1. The third-order valence-electron chi connectivity index (χ3n) is 3.03. The number of fused-ring (bicyclic) bond motifs is 1. The summed E-state index contributed by atoms with van der Waals surface area (Å²) in [7, 11) is 0. The average molecular weight is 249 g/mol. The molecule has 0 aliphatic rings. The molecule has 0 spiro atoms. The smallest absolute Gasteiger partial charge is 0.165 e. The van der Waals surface area contributed by atoms with Crippen molar-refractivity contribution in [1.82, 2.24) is 14.8 Å². The lowest BCUT2D eigenvalue weighted by molar-refractivity contribution is 0.877. The Hall–Kier alpha value is -2.87. The fraction of sp³-hybridized carbons (Fsp3) is 0.0714. The van der Waals surface area contributed by atoms with Crippen molar-refractivity contribution in [2.45, 2.75) is 6.92 Å². The molecule has 2 heterocycles. The van der Waals surface area contributed by atoms with Gasteiger partial charge < -0.3 is 5.73 Å². The van der Waals surface area contributed by atoms with Crippen LogP contribution in [0.3, 0.4) is 0 Å². The summed E-state index contributed by atoms with van der Waals surface area (Å²) < 4.78 is 1.74. The normalized spacial score (nSPS) is 10.5. The second-order valence-corrected chi connectivity index (χ2v) is 4.23. The maximum atomic E-state index is 9.00. The van der Waals surface area contributed by atoms with Crippen LogP contribution in [0.1, 0.15) is 11.3 Å². The standard InChI is InChI=1S/C14H11N5/c1-9-12-13(16)10(7-15)8-17-14(12)19(18-9)11-5-3-2-4-6-11/h2-6,8H,1H3,(H2,16,17). The summed E-state index contributed by atoms with van der Waals surface area (Å²) in [6.07, 6.45) is 1.48. The van der Waals surface area contributed by atoms with Gasteiger partial charge in [-0.3, -0.25) is 0 Å². The summed E-state index contributed by atoms with van der Waals surface area (Å²) in [5, 5.41) is 14.2. The summed E-state index contributed by atoms with van der Waals surface area (Å²) in [5.41, 5.74) is 9.17. The minimum Gasteiger partial charge on any atom is -0.397 e. The maximum Gasteiger partial charge on any atom is 0.165 e. The Morgan fingerprint density at radius 2 is 2.00 bits per heavy atom. The van der Waals surface area contributed by atoms with Gasteiger partial charge in [0.15, 0.2) is 5.65 Å². The number of pyridine rings is 1. The van der Waals surface area contributed by atoms with Crippen LogP contribution in [0, 0.1) is 18.3 Å². The molecule has 5 nitrogen and oxygen atoms in total. The van der Waals surface area contributed by atoms with Gasteiger partial charge >= 0.3 is 0 Å². The van der Waals surface area contributed by atoms with Gasteiger partial charge in [-0.1, -0.05) is 18.2 Å². The molecule has 5 heteroatoms. The number of nitrogens with zero attached hydrogens (tertiary/aromatic N) is 4. The van der Waals surface area contributed by atoms with Crippen LogP contribution < -0.4 is 5.73 Å². The molecule has 0 aliphatic carbocycles. The predicted molar refractivity (Wildman–Crippen MR) is 72.7 cm³/mol. The summed E-state index contributed by atoms with van der Waals surface area (Å²) >= 11 is 0. The van der Waals surface area contributed by atoms with E-state index in [1.54, 1.807) is 4.68 Å². The first kappa shape index (κ1) is 11.2. The third kappa shape index (κ3) is 1.62. The van der Waals surface area contributed by atoms with E-state index < -0.39 is 0 Å². The van der Waals surface area contributed by atoms with Crippen LogP contribution in [0.5, 0.6) is 0 Å². The largest absolute Gasteiger partial charge is 0.397 e.